The van der Waals surface area contributed by atoms with Gasteiger partial charge in [0.1, 0.15) is 11.4 Å². The van der Waals surface area contributed by atoms with E-state index in [-0.39, 0.29) is 17.5 Å². The lowest BCUT2D eigenvalue weighted by Gasteiger charge is -2.37. The molecule has 1 fully saturated rings. The maximum absolute atomic E-state index is 12.4. The predicted molar refractivity (Wildman–Crippen MR) is 75.0 cm³/mol. The van der Waals surface area contributed by atoms with E-state index < -0.39 is 5.66 Å². The van der Waals surface area contributed by atoms with Crippen molar-refractivity contribution in [2.75, 3.05) is 0 Å². The number of hydrogen-bond acceptors (Lipinski definition) is 3. The first-order chi connectivity index (χ1) is 8.94. The Bertz CT molecular complexity index is 615. The van der Waals surface area contributed by atoms with Crippen molar-refractivity contribution in [2.45, 2.75) is 44.3 Å². The molecule has 0 saturated heterocycles. The third-order valence-electron chi connectivity index (χ3n) is 4.19. The minimum absolute atomic E-state index is 0.144. The fourth-order valence-corrected chi connectivity index (χ4v) is 3.71. The minimum atomic E-state index is -0.575. The van der Waals surface area contributed by atoms with Crippen LogP contribution in [0.4, 0.5) is 0 Å². The molecule has 0 unspecified atom stereocenters. The number of nitrogens with zero attached hydrogens (tertiary/aromatic N) is 1. The molecule has 1 aliphatic heterocycles. The lowest BCUT2D eigenvalue weighted by atomic mass is 9.86. The molecule has 0 atom stereocenters. The van der Waals surface area contributed by atoms with E-state index >= 15 is 0 Å². The second kappa shape index (κ2) is 4.18. The third-order valence-corrected chi connectivity index (χ3v) is 4.76. The van der Waals surface area contributed by atoms with Crippen LogP contribution in [-0.4, -0.2) is 16.5 Å². The van der Waals surface area contributed by atoms with Crippen LogP contribution in [0.2, 0.25) is 0 Å². The van der Waals surface area contributed by atoms with Crippen molar-refractivity contribution in [2.24, 2.45) is 5.73 Å². The molecule has 1 aliphatic carbocycles. The number of aromatic nitrogens is 1. The molecule has 0 radical (unpaired) electrons. The van der Waals surface area contributed by atoms with Crippen LogP contribution < -0.4 is 16.6 Å². The van der Waals surface area contributed by atoms with Gasteiger partial charge in [-0.3, -0.25) is 14.2 Å². The van der Waals surface area contributed by atoms with Gasteiger partial charge in [-0.1, -0.05) is 0 Å². The standard InChI is InChI=1S/C13H16BrN3O2/c1-7-6-9(14)12(19)17-10(7)11(18)16-13(17)4-2-8(15)3-5-13/h6,8H,2-5,15H2,1H3,(H,16,18). The Morgan fingerprint density at radius 2 is 2.05 bits per heavy atom. The van der Waals surface area contributed by atoms with Crippen LogP contribution in [-0.2, 0) is 5.66 Å². The van der Waals surface area contributed by atoms with Crippen molar-refractivity contribution in [1.82, 2.24) is 9.88 Å². The fourth-order valence-electron chi connectivity index (χ4n) is 3.19. The zero-order valence-electron chi connectivity index (χ0n) is 10.7. The molecular formula is C13H16BrN3O2. The van der Waals surface area contributed by atoms with E-state index in [1.54, 1.807) is 10.6 Å². The maximum Gasteiger partial charge on any atom is 0.270 e. The summed E-state index contributed by atoms with van der Waals surface area (Å²) in [5, 5.41) is 3.01. The summed E-state index contributed by atoms with van der Waals surface area (Å²) in [5.41, 5.74) is 6.51. The molecule has 2 heterocycles. The zero-order chi connectivity index (χ0) is 13.8. The predicted octanol–water partition coefficient (Wildman–Crippen LogP) is 1.22. The topological polar surface area (TPSA) is 77.1 Å². The number of hydrogen-bond donors (Lipinski definition) is 2. The van der Waals surface area contributed by atoms with E-state index in [0.717, 1.165) is 18.4 Å². The summed E-state index contributed by atoms with van der Waals surface area (Å²) in [7, 11) is 0. The summed E-state index contributed by atoms with van der Waals surface area (Å²) in [5.74, 6) is -0.155. The molecule has 102 valence electrons. The van der Waals surface area contributed by atoms with Gasteiger partial charge in [-0.25, -0.2) is 0 Å². The Morgan fingerprint density at radius 3 is 2.68 bits per heavy atom. The molecule has 0 bridgehead atoms. The summed E-state index contributed by atoms with van der Waals surface area (Å²) in [6.07, 6.45) is 3.06. The van der Waals surface area contributed by atoms with Crippen molar-refractivity contribution in [3.63, 3.8) is 0 Å². The van der Waals surface area contributed by atoms with Gasteiger partial charge in [0.05, 0.1) is 4.47 Å². The second-order valence-electron chi connectivity index (χ2n) is 5.49. The van der Waals surface area contributed by atoms with Crippen LogP contribution in [0.3, 0.4) is 0 Å². The van der Waals surface area contributed by atoms with Gasteiger partial charge in [0.2, 0.25) is 0 Å². The number of halogens is 1. The first-order valence-corrected chi connectivity index (χ1v) is 7.25. The molecule has 6 heteroatoms. The highest BCUT2D eigenvalue weighted by molar-refractivity contribution is 9.10. The molecule has 19 heavy (non-hydrogen) atoms. The first-order valence-electron chi connectivity index (χ1n) is 6.45. The summed E-state index contributed by atoms with van der Waals surface area (Å²) < 4.78 is 2.14. The monoisotopic (exact) mass is 325 g/mol. The van der Waals surface area contributed by atoms with E-state index in [1.807, 2.05) is 6.92 Å². The summed E-state index contributed by atoms with van der Waals surface area (Å²) in [6.45, 7) is 1.85. The van der Waals surface area contributed by atoms with Crippen molar-refractivity contribution < 1.29 is 4.79 Å². The fraction of sp³-hybridized carbons (Fsp3) is 0.538. The first kappa shape index (κ1) is 12.9. The van der Waals surface area contributed by atoms with Gasteiger partial charge in [0, 0.05) is 6.04 Å². The lowest BCUT2D eigenvalue weighted by Crippen LogP contribution is -2.51. The summed E-state index contributed by atoms with van der Waals surface area (Å²) >= 11 is 3.28. The quantitative estimate of drug-likeness (QED) is 0.752. The van der Waals surface area contributed by atoms with Gasteiger partial charge in [0.15, 0.2) is 0 Å². The van der Waals surface area contributed by atoms with E-state index in [2.05, 4.69) is 21.2 Å². The van der Waals surface area contributed by atoms with Crippen LogP contribution in [0.15, 0.2) is 15.3 Å². The van der Waals surface area contributed by atoms with Crippen LogP contribution in [0, 0.1) is 6.92 Å². The smallest absolute Gasteiger partial charge is 0.270 e. The Labute approximate surface area is 119 Å². The maximum atomic E-state index is 12.4. The molecular weight excluding hydrogens is 310 g/mol. The van der Waals surface area contributed by atoms with Gasteiger partial charge in [-0.05, 0) is 60.2 Å². The Balaban J connectivity index is 2.21. The highest BCUT2D eigenvalue weighted by Crippen LogP contribution is 2.36. The lowest BCUT2D eigenvalue weighted by molar-refractivity contribution is 0.0866. The van der Waals surface area contributed by atoms with E-state index in [9.17, 15) is 9.59 Å². The number of amides is 1. The molecule has 5 nitrogen and oxygen atoms in total. The molecule has 1 saturated carbocycles. The Hall–Kier alpha value is -1.14. The van der Waals surface area contributed by atoms with Gasteiger partial charge in [-0.2, -0.15) is 0 Å². The van der Waals surface area contributed by atoms with Gasteiger partial charge < -0.3 is 11.1 Å². The molecule has 1 spiro atoms. The average molecular weight is 326 g/mol. The number of nitrogens with two attached hydrogens (primary N) is 1. The van der Waals surface area contributed by atoms with Gasteiger partial charge in [0.25, 0.3) is 11.5 Å². The van der Waals surface area contributed by atoms with E-state index in [1.165, 1.54) is 0 Å². The van der Waals surface area contributed by atoms with Crippen molar-refractivity contribution in [3.8, 4) is 0 Å². The second-order valence-corrected chi connectivity index (χ2v) is 6.34. The number of nitrogens with one attached hydrogen (secondary N) is 1. The molecule has 2 aliphatic rings. The number of rotatable bonds is 0. The zero-order valence-corrected chi connectivity index (χ0v) is 12.3. The largest absolute Gasteiger partial charge is 0.328 e. The molecule has 1 amide bonds. The normalized spacial score (nSPS) is 29.4. The average Bonchev–Trinajstić information content (AvgIpc) is 2.64. The Kier molecular flexibility index (Phi) is 2.83. The summed E-state index contributed by atoms with van der Waals surface area (Å²) in [4.78, 5) is 24.6. The molecule has 1 aromatic rings. The van der Waals surface area contributed by atoms with E-state index in [4.69, 9.17) is 5.73 Å². The van der Waals surface area contributed by atoms with Crippen LogP contribution in [0.5, 0.6) is 0 Å². The van der Waals surface area contributed by atoms with Crippen molar-refractivity contribution in [3.05, 3.63) is 32.2 Å². The van der Waals surface area contributed by atoms with Crippen molar-refractivity contribution >= 4 is 21.8 Å². The molecule has 1 aromatic heterocycles. The highest BCUT2D eigenvalue weighted by Gasteiger charge is 2.46. The number of aryl methyl sites for hydroxylation is 1. The Morgan fingerprint density at radius 1 is 1.42 bits per heavy atom. The van der Waals surface area contributed by atoms with Crippen molar-refractivity contribution in [1.29, 1.82) is 0 Å². The number of fused-ring (bicyclic) bond motifs is 2. The third kappa shape index (κ3) is 1.77. The van der Waals surface area contributed by atoms with Crippen LogP contribution in [0.25, 0.3) is 0 Å². The molecule has 3 rings (SSSR count). The SMILES string of the molecule is Cc1cc(Br)c(=O)n2c1C(=O)NC21CCC(N)CC1. The van der Waals surface area contributed by atoms with Gasteiger partial charge >= 0.3 is 0 Å². The molecule has 0 aromatic carbocycles. The van der Waals surface area contributed by atoms with E-state index in [0.29, 0.717) is 23.0 Å². The number of carbonyl (C=O) groups excluding carboxylic acids is 1. The van der Waals surface area contributed by atoms with Gasteiger partial charge in [-0.15, -0.1) is 0 Å². The summed E-state index contributed by atoms with van der Waals surface area (Å²) in [6, 6.07) is 1.87. The number of pyridine rings is 1. The minimum Gasteiger partial charge on any atom is -0.328 e. The molecule has 3 N–H and O–H groups in total. The number of carbonyl (C=O) groups is 1. The highest BCUT2D eigenvalue weighted by atomic mass is 79.9. The van der Waals surface area contributed by atoms with Crippen LogP contribution >= 0.6 is 15.9 Å². The van der Waals surface area contributed by atoms with Crippen LogP contribution in [0.1, 0.15) is 41.7 Å².